The number of hydrogen-bond acceptors (Lipinski definition) is 4. The van der Waals surface area contributed by atoms with Gasteiger partial charge in [0, 0.05) is 5.39 Å². The molecule has 0 amide bonds. The Labute approximate surface area is 164 Å². The summed E-state index contributed by atoms with van der Waals surface area (Å²) >= 11 is 0. The van der Waals surface area contributed by atoms with Gasteiger partial charge in [0.25, 0.3) is 0 Å². The Morgan fingerprint density at radius 3 is 2.07 bits per heavy atom. The summed E-state index contributed by atoms with van der Waals surface area (Å²) in [5, 5.41) is 1.48. The lowest BCUT2D eigenvalue weighted by atomic mass is 10.1. The first-order valence-electron chi connectivity index (χ1n) is 8.81. The zero-order valence-corrected chi connectivity index (χ0v) is 15.8. The van der Waals surface area contributed by atoms with Crippen LogP contribution in [0.25, 0.3) is 10.8 Å². The van der Waals surface area contributed by atoms with Crippen molar-refractivity contribution in [1.82, 2.24) is 0 Å². The second kappa shape index (κ2) is 7.74. The van der Waals surface area contributed by atoms with Gasteiger partial charge < -0.3 is 8.92 Å². The first-order chi connectivity index (χ1) is 13.6. The van der Waals surface area contributed by atoms with Gasteiger partial charge in [-0.25, -0.2) is 0 Å². The van der Waals surface area contributed by atoms with Crippen molar-refractivity contribution in [2.75, 3.05) is 0 Å². The molecule has 4 nitrogen and oxygen atoms in total. The molecule has 0 N–H and O–H groups in total. The van der Waals surface area contributed by atoms with Crippen molar-refractivity contribution in [3.8, 4) is 11.5 Å². The Morgan fingerprint density at radius 1 is 0.643 bits per heavy atom. The predicted octanol–water partition coefficient (Wildman–Crippen LogP) is 5.19. The Balaban J connectivity index is 1.50. The number of hydrogen-bond donors (Lipinski definition) is 0. The third-order valence-electron chi connectivity index (χ3n) is 4.30. The minimum absolute atomic E-state index is 0.148. The van der Waals surface area contributed by atoms with E-state index < -0.39 is 10.1 Å². The van der Waals surface area contributed by atoms with Crippen LogP contribution in [-0.2, 0) is 16.7 Å². The normalized spacial score (nSPS) is 11.3. The molecule has 28 heavy (non-hydrogen) atoms. The fourth-order valence-electron chi connectivity index (χ4n) is 2.92. The lowest BCUT2D eigenvalue weighted by Crippen LogP contribution is -2.10. The van der Waals surface area contributed by atoms with Gasteiger partial charge >= 0.3 is 10.1 Å². The molecule has 0 bridgehead atoms. The first kappa shape index (κ1) is 18.1. The largest absolute Gasteiger partial charge is 0.489 e. The summed E-state index contributed by atoms with van der Waals surface area (Å²) < 4.78 is 36.6. The van der Waals surface area contributed by atoms with Crippen molar-refractivity contribution >= 4 is 20.9 Å². The summed E-state index contributed by atoms with van der Waals surface area (Å²) in [6.07, 6.45) is 0. The standard InChI is InChI=1S/C23H18O4S/c24-28(25,23-12-6-10-19-9-4-5-11-22(19)23)27-21-15-13-20(14-16-21)26-17-18-7-2-1-3-8-18/h1-16H,17H2. The molecule has 0 fully saturated rings. The highest BCUT2D eigenvalue weighted by atomic mass is 32.2. The highest BCUT2D eigenvalue weighted by Gasteiger charge is 2.19. The topological polar surface area (TPSA) is 52.6 Å². The SMILES string of the molecule is O=S(=O)(Oc1ccc(OCc2ccccc2)cc1)c1cccc2ccccc12. The average molecular weight is 390 g/mol. The fraction of sp³-hybridized carbons (Fsp3) is 0.0435. The maximum atomic E-state index is 12.8. The van der Waals surface area contributed by atoms with Crippen LogP contribution in [0.1, 0.15) is 5.56 Å². The maximum absolute atomic E-state index is 12.8. The molecule has 0 saturated carbocycles. The fourth-order valence-corrected chi connectivity index (χ4v) is 4.07. The Bertz CT molecular complexity index is 1180. The molecule has 0 radical (unpaired) electrons. The highest BCUT2D eigenvalue weighted by molar-refractivity contribution is 7.87. The van der Waals surface area contributed by atoms with Gasteiger partial charge in [-0.2, -0.15) is 8.42 Å². The Morgan fingerprint density at radius 2 is 1.29 bits per heavy atom. The Kier molecular flexibility index (Phi) is 5.00. The van der Waals surface area contributed by atoms with Crippen molar-refractivity contribution in [2.45, 2.75) is 11.5 Å². The molecule has 0 saturated heterocycles. The van der Waals surface area contributed by atoms with Gasteiger partial charge in [-0.05, 0) is 41.3 Å². The zero-order valence-electron chi connectivity index (χ0n) is 15.0. The zero-order chi connectivity index (χ0) is 19.4. The number of ether oxygens (including phenoxy) is 1. The number of fused-ring (bicyclic) bond motifs is 1. The first-order valence-corrected chi connectivity index (χ1v) is 10.2. The van der Waals surface area contributed by atoms with Crippen molar-refractivity contribution in [3.63, 3.8) is 0 Å². The van der Waals surface area contributed by atoms with Gasteiger partial charge in [-0.1, -0.05) is 66.7 Å². The molecular formula is C23H18O4S. The number of benzene rings is 4. The summed E-state index contributed by atoms with van der Waals surface area (Å²) in [7, 11) is -3.95. The van der Waals surface area contributed by atoms with E-state index in [2.05, 4.69) is 0 Å². The van der Waals surface area contributed by atoms with Gasteiger partial charge in [0.15, 0.2) is 0 Å². The van der Waals surface area contributed by atoms with Crippen molar-refractivity contribution in [2.24, 2.45) is 0 Å². The van der Waals surface area contributed by atoms with Crippen LogP contribution in [0.4, 0.5) is 0 Å². The summed E-state index contributed by atoms with van der Waals surface area (Å²) in [5.74, 6) is 0.874. The van der Waals surface area contributed by atoms with E-state index in [0.717, 1.165) is 10.9 Å². The van der Waals surface area contributed by atoms with Gasteiger partial charge in [0.1, 0.15) is 23.0 Å². The molecule has 4 rings (SSSR count). The third-order valence-corrected chi connectivity index (χ3v) is 5.60. The van der Waals surface area contributed by atoms with Crippen LogP contribution in [0.5, 0.6) is 11.5 Å². The average Bonchev–Trinajstić information content (AvgIpc) is 2.73. The van der Waals surface area contributed by atoms with Crippen LogP contribution in [-0.4, -0.2) is 8.42 Å². The molecule has 0 unspecified atom stereocenters. The van der Waals surface area contributed by atoms with Crippen LogP contribution in [0.15, 0.2) is 102 Å². The summed E-state index contributed by atoms with van der Waals surface area (Å²) in [5.41, 5.74) is 1.06. The smallest absolute Gasteiger partial charge is 0.339 e. The molecule has 0 aliphatic rings. The molecule has 140 valence electrons. The van der Waals surface area contributed by atoms with Crippen molar-refractivity contribution in [1.29, 1.82) is 0 Å². The minimum Gasteiger partial charge on any atom is -0.489 e. The van der Waals surface area contributed by atoms with E-state index in [9.17, 15) is 8.42 Å². The molecule has 4 aromatic carbocycles. The molecule has 0 atom stereocenters. The van der Waals surface area contributed by atoms with E-state index in [1.807, 2.05) is 48.5 Å². The van der Waals surface area contributed by atoms with E-state index in [1.54, 1.807) is 48.5 Å². The highest BCUT2D eigenvalue weighted by Crippen LogP contribution is 2.27. The molecular weight excluding hydrogens is 372 g/mol. The molecule has 5 heteroatoms. The third kappa shape index (κ3) is 4.00. The van der Waals surface area contributed by atoms with Crippen molar-refractivity contribution in [3.05, 3.63) is 103 Å². The predicted molar refractivity (Wildman–Crippen MR) is 109 cm³/mol. The van der Waals surface area contributed by atoms with Crippen LogP contribution < -0.4 is 8.92 Å². The van der Waals surface area contributed by atoms with E-state index >= 15 is 0 Å². The summed E-state index contributed by atoms with van der Waals surface area (Å²) in [6.45, 7) is 0.440. The molecule has 0 spiro atoms. The van der Waals surface area contributed by atoms with E-state index in [1.165, 1.54) is 0 Å². The van der Waals surface area contributed by atoms with Crippen LogP contribution in [0.3, 0.4) is 0 Å². The van der Waals surface area contributed by atoms with Crippen molar-refractivity contribution < 1.29 is 17.3 Å². The second-order valence-electron chi connectivity index (χ2n) is 6.26. The van der Waals surface area contributed by atoms with Crippen LogP contribution in [0.2, 0.25) is 0 Å². The number of rotatable bonds is 6. The Hall–Kier alpha value is -3.31. The van der Waals surface area contributed by atoms with Crippen LogP contribution in [0, 0.1) is 0 Å². The maximum Gasteiger partial charge on any atom is 0.339 e. The second-order valence-corrected chi connectivity index (χ2v) is 7.78. The minimum atomic E-state index is -3.95. The summed E-state index contributed by atoms with van der Waals surface area (Å²) in [4.78, 5) is 0.148. The molecule has 0 aliphatic heterocycles. The molecule has 4 aromatic rings. The van der Waals surface area contributed by atoms with E-state index in [-0.39, 0.29) is 10.6 Å². The summed E-state index contributed by atoms with van der Waals surface area (Å²) in [6, 6.07) is 28.8. The molecule has 0 aliphatic carbocycles. The van der Waals surface area contributed by atoms with Gasteiger partial charge in [0.05, 0.1) is 0 Å². The van der Waals surface area contributed by atoms with E-state index in [4.69, 9.17) is 8.92 Å². The lowest BCUT2D eigenvalue weighted by molar-refractivity contribution is 0.306. The lowest BCUT2D eigenvalue weighted by Gasteiger charge is -2.11. The van der Waals surface area contributed by atoms with Gasteiger partial charge in [-0.15, -0.1) is 0 Å². The van der Waals surface area contributed by atoms with Gasteiger partial charge in [-0.3, -0.25) is 0 Å². The van der Waals surface area contributed by atoms with E-state index in [0.29, 0.717) is 17.7 Å². The van der Waals surface area contributed by atoms with Gasteiger partial charge in [0.2, 0.25) is 0 Å². The quantitative estimate of drug-likeness (QED) is 0.425. The molecule has 0 aromatic heterocycles. The molecule has 0 heterocycles. The monoisotopic (exact) mass is 390 g/mol. The van der Waals surface area contributed by atoms with Crippen LogP contribution >= 0.6 is 0 Å².